The third-order valence-electron chi connectivity index (χ3n) is 2.23. The molecular weight excluding hydrogens is 162 g/mol. The molecule has 0 aromatic heterocycles. The van der Waals surface area contributed by atoms with Gasteiger partial charge in [-0.25, -0.2) is 0 Å². The summed E-state index contributed by atoms with van der Waals surface area (Å²) in [6, 6.07) is 11.4. The van der Waals surface area contributed by atoms with Gasteiger partial charge in [0.25, 0.3) is 0 Å². The van der Waals surface area contributed by atoms with Gasteiger partial charge in [-0.3, -0.25) is 0 Å². The molecule has 66 valence electrons. The quantitative estimate of drug-likeness (QED) is 0.677. The van der Waals surface area contributed by atoms with Crippen LogP contribution in [0.2, 0.25) is 0 Å². The Morgan fingerprint density at radius 3 is 2.50 bits per heavy atom. The number of hydrogen-bond acceptors (Lipinski definition) is 1. The summed E-state index contributed by atoms with van der Waals surface area (Å²) in [4.78, 5) is 3.44. The van der Waals surface area contributed by atoms with Gasteiger partial charge in [0.15, 0.2) is 0 Å². The van der Waals surface area contributed by atoms with Crippen molar-refractivity contribution in [1.82, 2.24) is 4.98 Å². The van der Waals surface area contributed by atoms with E-state index >= 15 is 0 Å². The number of nitrogens with one attached hydrogen (secondary N) is 1. The molecule has 0 fully saturated rings. The van der Waals surface area contributed by atoms with Crippen LogP contribution < -0.4 is 4.98 Å². The summed E-state index contributed by atoms with van der Waals surface area (Å²) >= 11 is 0. The lowest BCUT2D eigenvalue weighted by atomic mass is 10.1. The van der Waals surface area contributed by atoms with E-state index in [0.717, 1.165) is 10.4 Å². The maximum Gasteiger partial charge on any atom is 0.0752 e. The van der Waals surface area contributed by atoms with Gasteiger partial charge in [0.05, 0.1) is 10.4 Å². The second-order valence-electron chi connectivity index (χ2n) is 3.08. The third-order valence-corrected chi connectivity index (χ3v) is 3.04. The van der Waals surface area contributed by atoms with Gasteiger partial charge < -0.3 is 4.98 Å². The van der Waals surface area contributed by atoms with E-state index in [1.807, 2.05) is 0 Å². The lowest BCUT2D eigenvalue weighted by molar-refractivity contribution is 0.600. The van der Waals surface area contributed by atoms with E-state index in [0.29, 0.717) is 6.04 Å². The molecule has 0 heterocycles. The highest BCUT2D eigenvalue weighted by Gasteiger charge is 2.02. The van der Waals surface area contributed by atoms with Gasteiger partial charge >= 0.3 is 0 Å². The van der Waals surface area contributed by atoms with E-state index < -0.39 is 0 Å². The van der Waals surface area contributed by atoms with Gasteiger partial charge in [-0.15, -0.1) is 0 Å². The summed E-state index contributed by atoms with van der Waals surface area (Å²) in [7, 11) is 1.09. The Balaban J connectivity index is 2.51. The van der Waals surface area contributed by atoms with Crippen molar-refractivity contribution in [3.05, 3.63) is 35.9 Å². The molecule has 1 atom stereocenters. The summed E-state index contributed by atoms with van der Waals surface area (Å²) < 4.78 is 0. The Kier molecular flexibility index (Phi) is 4.04. The van der Waals surface area contributed by atoms with E-state index in [9.17, 15) is 0 Å². The predicted molar refractivity (Wildman–Crippen MR) is 57.3 cm³/mol. The van der Waals surface area contributed by atoms with Crippen LogP contribution >= 0.6 is 0 Å². The topological polar surface area (TPSA) is 12.0 Å². The van der Waals surface area contributed by atoms with Crippen molar-refractivity contribution in [2.75, 3.05) is 0 Å². The summed E-state index contributed by atoms with van der Waals surface area (Å²) in [6.45, 7) is 2.23. The summed E-state index contributed by atoms with van der Waals surface area (Å²) in [5.41, 5.74) is 1.44. The normalized spacial score (nSPS) is 13.1. The zero-order valence-electron chi connectivity index (χ0n) is 7.88. The van der Waals surface area contributed by atoms with Crippen LogP contribution in [0.3, 0.4) is 0 Å². The van der Waals surface area contributed by atoms with E-state index in [-0.39, 0.29) is 0 Å². The molecule has 0 saturated carbocycles. The molecular formula is C10H17NSi. The Morgan fingerprint density at radius 2 is 2.00 bits per heavy atom. The minimum Gasteiger partial charge on any atom is -0.342 e. The van der Waals surface area contributed by atoms with E-state index in [1.165, 1.54) is 18.4 Å². The zero-order valence-corrected chi connectivity index (χ0v) is 9.88. The summed E-state index contributed by atoms with van der Waals surface area (Å²) in [5, 5.41) is 0. The molecule has 0 aliphatic rings. The highest BCUT2D eigenvalue weighted by molar-refractivity contribution is 6.04. The Bertz CT molecular complexity index is 206. The molecule has 0 bridgehead atoms. The Hall–Kier alpha value is -0.603. The standard InChI is InChI=1S/C10H17NSi/c1-2-10(11-12)8-9-6-4-3-5-7-9/h3-7,10-11H,2,8H2,1,12H3. The first-order valence-electron chi connectivity index (χ1n) is 4.58. The SMILES string of the molecule is CCC(Cc1ccccc1)N[SiH3]. The van der Waals surface area contributed by atoms with Gasteiger partial charge in [0.2, 0.25) is 0 Å². The fourth-order valence-electron chi connectivity index (χ4n) is 1.35. The van der Waals surface area contributed by atoms with Crippen LogP contribution in [0, 0.1) is 0 Å². The van der Waals surface area contributed by atoms with Crippen molar-refractivity contribution in [2.45, 2.75) is 25.8 Å². The van der Waals surface area contributed by atoms with Crippen LogP contribution in [0.25, 0.3) is 0 Å². The fourth-order valence-corrected chi connectivity index (χ4v) is 1.96. The van der Waals surface area contributed by atoms with Gasteiger partial charge in [0.1, 0.15) is 0 Å². The molecule has 0 saturated heterocycles. The maximum absolute atomic E-state index is 3.44. The van der Waals surface area contributed by atoms with E-state index in [1.54, 1.807) is 0 Å². The van der Waals surface area contributed by atoms with Crippen LogP contribution in [0.5, 0.6) is 0 Å². The third kappa shape index (κ3) is 2.79. The molecule has 12 heavy (non-hydrogen) atoms. The Morgan fingerprint density at radius 1 is 1.33 bits per heavy atom. The molecule has 2 heteroatoms. The average Bonchev–Trinajstić information content (AvgIpc) is 2.16. The molecule has 0 aliphatic carbocycles. The predicted octanol–water partition coefficient (Wildman–Crippen LogP) is 0.878. The smallest absolute Gasteiger partial charge is 0.0752 e. The minimum absolute atomic E-state index is 0.680. The number of benzene rings is 1. The largest absolute Gasteiger partial charge is 0.342 e. The molecule has 1 aromatic rings. The Labute approximate surface area is 77.7 Å². The molecule has 0 aliphatic heterocycles. The van der Waals surface area contributed by atoms with Crippen LogP contribution in [0.4, 0.5) is 0 Å². The van der Waals surface area contributed by atoms with Gasteiger partial charge in [0, 0.05) is 6.04 Å². The highest BCUT2D eigenvalue weighted by Crippen LogP contribution is 2.04. The first kappa shape index (κ1) is 9.48. The van der Waals surface area contributed by atoms with Gasteiger partial charge in [-0.2, -0.15) is 0 Å². The molecule has 1 nitrogen and oxygen atoms in total. The van der Waals surface area contributed by atoms with Crippen LogP contribution in [-0.4, -0.2) is 16.4 Å². The van der Waals surface area contributed by atoms with E-state index in [2.05, 4.69) is 42.2 Å². The number of rotatable bonds is 4. The molecule has 1 rings (SSSR count). The van der Waals surface area contributed by atoms with Gasteiger partial charge in [-0.1, -0.05) is 37.3 Å². The zero-order chi connectivity index (χ0) is 8.81. The van der Waals surface area contributed by atoms with Crippen molar-refractivity contribution in [1.29, 1.82) is 0 Å². The van der Waals surface area contributed by atoms with Crippen molar-refractivity contribution in [3.63, 3.8) is 0 Å². The van der Waals surface area contributed by atoms with Gasteiger partial charge in [-0.05, 0) is 18.4 Å². The van der Waals surface area contributed by atoms with Crippen molar-refractivity contribution < 1.29 is 0 Å². The fraction of sp³-hybridized carbons (Fsp3) is 0.400. The molecule has 1 N–H and O–H groups in total. The van der Waals surface area contributed by atoms with E-state index in [4.69, 9.17) is 0 Å². The van der Waals surface area contributed by atoms with Crippen molar-refractivity contribution >= 4 is 10.4 Å². The maximum atomic E-state index is 3.44. The molecule has 1 aromatic carbocycles. The van der Waals surface area contributed by atoms with Crippen molar-refractivity contribution in [3.8, 4) is 0 Å². The first-order chi connectivity index (χ1) is 5.86. The van der Waals surface area contributed by atoms with Crippen LogP contribution in [-0.2, 0) is 6.42 Å². The lowest BCUT2D eigenvalue weighted by Crippen LogP contribution is -2.27. The summed E-state index contributed by atoms with van der Waals surface area (Å²) in [6.07, 6.45) is 2.39. The molecule has 1 unspecified atom stereocenters. The lowest BCUT2D eigenvalue weighted by Gasteiger charge is -2.13. The molecule has 0 radical (unpaired) electrons. The second kappa shape index (κ2) is 5.12. The second-order valence-corrected chi connectivity index (χ2v) is 3.66. The molecule has 0 amide bonds. The minimum atomic E-state index is 0.680. The van der Waals surface area contributed by atoms with Crippen LogP contribution in [0.15, 0.2) is 30.3 Å². The monoisotopic (exact) mass is 179 g/mol. The summed E-state index contributed by atoms with van der Waals surface area (Å²) in [5.74, 6) is 0. The first-order valence-corrected chi connectivity index (χ1v) is 5.58. The van der Waals surface area contributed by atoms with Crippen LogP contribution in [0.1, 0.15) is 18.9 Å². The van der Waals surface area contributed by atoms with Crippen molar-refractivity contribution in [2.24, 2.45) is 0 Å². The molecule has 0 spiro atoms. The highest BCUT2D eigenvalue weighted by atomic mass is 28.2. The number of hydrogen-bond donors (Lipinski definition) is 1. The average molecular weight is 179 g/mol.